The highest BCUT2D eigenvalue weighted by Gasteiger charge is 2.38. The van der Waals surface area contributed by atoms with E-state index >= 15 is 0 Å². The van der Waals surface area contributed by atoms with Crippen molar-refractivity contribution < 1.29 is 14.3 Å². The van der Waals surface area contributed by atoms with E-state index in [0.29, 0.717) is 22.9 Å². The maximum Gasteiger partial charge on any atom is 0.270 e. The largest absolute Gasteiger partial charge is 0.493 e. The molecule has 0 aliphatic carbocycles. The van der Waals surface area contributed by atoms with Gasteiger partial charge in [-0.3, -0.25) is 9.69 Å². The van der Waals surface area contributed by atoms with Gasteiger partial charge in [-0.15, -0.1) is 0 Å². The minimum Gasteiger partial charge on any atom is -0.493 e. The molecule has 2 heterocycles. The third-order valence-electron chi connectivity index (χ3n) is 7.30. The van der Waals surface area contributed by atoms with Crippen molar-refractivity contribution in [1.82, 2.24) is 15.2 Å². The second-order valence-corrected chi connectivity index (χ2v) is 9.64. The molecule has 3 aromatic carbocycles. The molecule has 0 spiro atoms. The number of aromatic nitrogens is 1. The Morgan fingerprint density at radius 2 is 1.53 bits per heavy atom. The zero-order valence-electron chi connectivity index (χ0n) is 21.9. The third-order valence-corrected chi connectivity index (χ3v) is 7.30. The molecule has 1 saturated heterocycles. The molecule has 1 N–H and O–H groups in total. The summed E-state index contributed by atoms with van der Waals surface area (Å²) in [4.78, 5) is 20.8. The van der Waals surface area contributed by atoms with E-state index in [-0.39, 0.29) is 5.91 Å². The second kappa shape index (κ2) is 11.5. The van der Waals surface area contributed by atoms with Gasteiger partial charge in [0.15, 0.2) is 11.5 Å². The third kappa shape index (κ3) is 5.55. The normalized spacial score (nSPS) is 15.0. The lowest BCUT2D eigenvalue weighted by Crippen LogP contribution is -2.53. The van der Waals surface area contributed by atoms with Gasteiger partial charge in [0.05, 0.1) is 25.5 Å². The van der Waals surface area contributed by atoms with Crippen molar-refractivity contribution >= 4 is 5.91 Å². The SMILES string of the molecule is COc1ccc(-c2cccc(C(=O)NC3(c4ccccc4)CCN(Cc4ccccc4)CC3)n2)cc1OC. The fraction of sp³-hybridized carbons (Fsp3) is 0.250. The monoisotopic (exact) mass is 507 g/mol. The molecule has 1 fully saturated rings. The standard InChI is InChI=1S/C32H33N3O3/c1-37-29-17-16-25(22-30(29)38-2)27-14-9-15-28(33-27)31(36)34-32(26-12-7-4-8-13-26)18-20-35(21-19-32)23-24-10-5-3-6-11-24/h3-17,22H,18-21,23H2,1-2H3,(H,34,36). The summed E-state index contributed by atoms with van der Waals surface area (Å²) in [5.74, 6) is 1.09. The van der Waals surface area contributed by atoms with Crippen LogP contribution in [0.25, 0.3) is 11.3 Å². The van der Waals surface area contributed by atoms with Gasteiger partial charge in [0.25, 0.3) is 5.91 Å². The molecule has 1 aromatic heterocycles. The van der Waals surface area contributed by atoms with Gasteiger partial charge in [-0.2, -0.15) is 0 Å². The first kappa shape index (κ1) is 25.5. The number of nitrogens with zero attached hydrogens (tertiary/aromatic N) is 2. The fourth-order valence-electron chi connectivity index (χ4n) is 5.18. The number of likely N-dealkylation sites (tertiary alicyclic amines) is 1. The number of benzene rings is 3. The molecule has 0 saturated carbocycles. The summed E-state index contributed by atoms with van der Waals surface area (Å²) < 4.78 is 10.8. The first-order chi connectivity index (χ1) is 18.6. The average Bonchev–Trinajstić information content (AvgIpc) is 2.99. The summed E-state index contributed by atoms with van der Waals surface area (Å²) in [6.07, 6.45) is 1.65. The van der Waals surface area contributed by atoms with Crippen molar-refractivity contribution in [2.24, 2.45) is 0 Å². The van der Waals surface area contributed by atoms with Crippen LogP contribution in [-0.2, 0) is 12.1 Å². The molecular formula is C32H33N3O3. The number of hydrogen-bond acceptors (Lipinski definition) is 5. The van der Waals surface area contributed by atoms with E-state index in [2.05, 4.69) is 46.6 Å². The number of carbonyl (C=O) groups is 1. The van der Waals surface area contributed by atoms with Crippen LogP contribution in [0.4, 0.5) is 0 Å². The molecule has 0 radical (unpaired) electrons. The highest BCUT2D eigenvalue weighted by Crippen LogP contribution is 2.35. The Kier molecular flexibility index (Phi) is 7.70. The predicted molar refractivity (Wildman–Crippen MR) is 149 cm³/mol. The van der Waals surface area contributed by atoms with E-state index in [9.17, 15) is 4.79 Å². The van der Waals surface area contributed by atoms with Gasteiger partial charge in [0.2, 0.25) is 0 Å². The molecule has 1 aliphatic rings. The maximum atomic E-state index is 13.6. The summed E-state index contributed by atoms with van der Waals surface area (Å²) in [5.41, 5.74) is 3.92. The van der Waals surface area contributed by atoms with Crippen LogP contribution in [0, 0.1) is 0 Å². The van der Waals surface area contributed by atoms with E-state index in [4.69, 9.17) is 14.5 Å². The molecule has 194 valence electrons. The summed E-state index contributed by atoms with van der Waals surface area (Å²) in [5, 5.41) is 3.40. The van der Waals surface area contributed by atoms with Crippen LogP contribution in [0.15, 0.2) is 97.1 Å². The minimum absolute atomic E-state index is 0.173. The number of amides is 1. The Morgan fingerprint density at radius 1 is 0.842 bits per heavy atom. The lowest BCUT2D eigenvalue weighted by molar-refractivity contribution is 0.0790. The molecule has 4 aromatic rings. The van der Waals surface area contributed by atoms with Gasteiger partial charge in [-0.25, -0.2) is 4.98 Å². The van der Waals surface area contributed by atoms with Gasteiger partial charge in [-0.05, 0) is 54.3 Å². The van der Waals surface area contributed by atoms with Crippen molar-refractivity contribution in [2.45, 2.75) is 24.9 Å². The van der Waals surface area contributed by atoms with Gasteiger partial charge < -0.3 is 14.8 Å². The summed E-state index contributed by atoms with van der Waals surface area (Å²) in [7, 11) is 3.21. The number of pyridine rings is 1. The molecule has 6 nitrogen and oxygen atoms in total. The second-order valence-electron chi connectivity index (χ2n) is 9.64. The highest BCUT2D eigenvalue weighted by atomic mass is 16.5. The van der Waals surface area contributed by atoms with Crippen LogP contribution < -0.4 is 14.8 Å². The number of hydrogen-bond donors (Lipinski definition) is 1. The minimum atomic E-state index is -0.452. The Hall–Kier alpha value is -4.16. The van der Waals surface area contributed by atoms with Crippen molar-refractivity contribution in [2.75, 3.05) is 27.3 Å². The zero-order valence-corrected chi connectivity index (χ0v) is 21.9. The van der Waals surface area contributed by atoms with Crippen molar-refractivity contribution in [3.8, 4) is 22.8 Å². The molecule has 1 amide bonds. The Bertz CT molecular complexity index is 1370. The van der Waals surface area contributed by atoms with E-state index in [0.717, 1.165) is 43.6 Å². The lowest BCUT2D eigenvalue weighted by Gasteiger charge is -2.43. The molecule has 0 atom stereocenters. The highest BCUT2D eigenvalue weighted by molar-refractivity contribution is 5.93. The molecule has 0 unspecified atom stereocenters. The molecule has 5 rings (SSSR count). The predicted octanol–water partition coefficient (Wildman–Crippen LogP) is 5.69. The zero-order chi connectivity index (χ0) is 26.4. The number of ether oxygens (including phenoxy) is 2. The number of piperidine rings is 1. The maximum absolute atomic E-state index is 13.6. The van der Waals surface area contributed by atoms with Gasteiger partial charge >= 0.3 is 0 Å². The van der Waals surface area contributed by atoms with E-state index < -0.39 is 5.54 Å². The first-order valence-electron chi connectivity index (χ1n) is 12.9. The fourth-order valence-corrected chi connectivity index (χ4v) is 5.18. The average molecular weight is 508 g/mol. The van der Waals surface area contributed by atoms with E-state index in [1.54, 1.807) is 20.3 Å². The topological polar surface area (TPSA) is 63.7 Å². The van der Waals surface area contributed by atoms with Gasteiger partial charge in [0, 0.05) is 25.2 Å². The van der Waals surface area contributed by atoms with Gasteiger partial charge in [0.1, 0.15) is 5.69 Å². The molecule has 6 heteroatoms. The number of methoxy groups -OCH3 is 2. The summed E-state index contributed by atoms with van der Waals surface area (Å²) in [6.45, 7) is 2.70. The van der Waals surface area contributed by atoms with Crippen LogP contribution >= 0.6 is 0 Å². The summed E-state index contributed by atoms with van der Waals surface area (Å²) in [6, 6.07) is 32.0. The molecule has 1 aliphatic heterocycles. The van der Waals surface area contributed by atoms with Gasteiger partial charge in [-0.1, -0.05) is 66.7 Å². The Balaban J connectivity index is 1.37. The van der Waals surface area contributed by atoms with E-state index in [1.807, 2.05) is 54.6 Å². The molecule has 38 heavy (non-hydrogen) atoms. The van der Waals surface area contributed by atoms with Crippen LogP contribution in [-0.4, -0.2) is 43.1 Å². The van der Waals surface area contributed by atoms with Crippen molar-refractivity contribution in [3.05, 3.63) is 114 Å². The van der Waals surface area contributed by atoms with E-state index in [1.165, 1.54) is 5.56 Å². The summed E-state index contributed by atoms with van der Waals surface area (Å²) >= 11 is 0. The van der Waals surface area contributed by atoms with Crippen LogP contribution in [0.1, 0.15) is 34.5 Å². The Labute approximate surface area is 224 Å². The lowest BCUT2D eigenvalue weighted by atomic mass is 9.80. The van der Waals surface area contributed by atoms with Crippen molar-refractivity contribution in [3.63, 3.8) is 0 Å². The molecular weight excluding hydrogens is 474 g/mol. The molecule has 0 bridgehead atoms. The smallest absolute Gasteiger partial charge is 0.270 e. The number of carbonyl (C=O) groups excluding carboxylic acids is 1. The van der Waals surface area contributed by atoms with Crippen molar-refractivity contribution in [1.29, 1.82) is 0 Å². The number of rotatable bonds is 8. The van der Waals surface area contributed by atoms with Crippen LogP contribution in [0.5, 0.6) is 11.5 Å². The van der Waals surface area contributed by atoms with Crippen LogP contribution in [0.2, 0.25) is 0 Å². The van der Waals surface area contributed by atoms with Crippen LogP contribution in [0.3, 0.4) is 0 Å². The number of nitrogens with one attached hydrogen (secondary N) is 1. The quantitative estimate of drug-likeness (QED) is 0.332. The Morgan fingerprint density at radius 3 is 2.21 bits per heavy atom. The first-order valence-corrected chi connectivity index (χ1v) is 12.9.